The van der Waals surface area contributed by atoms with Crippen molar-refractivity contribution in [2.24, 2.45) is 0 Å². The van der Waals surface area contributed by atoms with Gasteiger partial charge < -0.3 is 24.7 Å². The van der Waals surface area contributed by atoms with Crippen molar-refractivity contribution >= 4 is 51.6 Å². The van der Waals surface area contributed by atoms with Gasteiger partial charge in [-0.1, -0.05) is 23.2 Å². The zero-order valence-electron chi connectivity index (χ0n) is 16.6. The van der Waals surface area contributed by atoms with Gasteiger partial charge in [0.25, 0.3) is 0 Å². The van der Waals surface area contributed by atoms with Crippen LogP contribution in [0.4, 0.5) is 11.5 Å². The van der Waals surface area contributed by atoms with Gasteiger partial charge >= 0.3 is 5.97 Å². The Morgan fingerprint density at radius 3 is 2.83 bits per heavy atom. The molecule has 9 heteroatoms. The van der Waals surface area contributed by atoms with Crippen LogP contribution in [0.3, 0.4) is 0 Å². The average molecular weight is 454 g/mol. The van der Waals surface area contributed by atoms with E-state index in [1.165, 1.54) is 0 Å². The van der Waals surface area contributed by atoms with Gasteiger partial charge in [0, 0.05) is 36.8 Å². The highest BCUT2D eigenvalue weighted by molar-refractivity contribution is 6.45. The Labute approximate surface area is 185 Å². The lowest BCUT2D eigenvalue weighted by Gasteiger charge is -2.28. The summed E-state index contributed by atoms with van der Waals surface area (Å²) in [5.41, 5.74) is 1.64. The molecule has 162 valence electrons. The van der Waals surface area contributed by atoms with E-state index in [2.05, 4.69) is 15.9 Å². The number of hydrogen-bond acceptors (Lipinski definition) is 6. The zero-order chi connectivity index (χ0) is 21.3. The second-order valence-corrected chi connectivity index (χ2v) is 8.64. The van der Waals surface area contributed by atoms with Gasteiger partial charge in [-0.25, -0.2) is 4.98 Å². The van der Waals surface area contributed by atoms with E-state index in [1.807, 2.05) is 6.07 Å². The lowest BCUT2D eigenvalue weighted by Crippen LogP contribution is -2.34. The number of halogens is 2. The number of hydrogen-bond donors (Lipinski definition) is 2. The van der Waals surface area contributed by atoms with Crippen LogP contribution in [0.2, 0.25) is 10.0 Å². The van der Waals surface area contributed by atoms with Gasteiger partial charge in [-0.2, -0.15) is 0 Å². The number of aliphatic carboxylic acids is 1. The lowest BCUT2D eigenvalue weighted by molar-refractivity contribution is -0.138. The van der Waals surface area contributed by atoms with Gasteiger partial charge in [0.05, 0.1) is 47.3 Å². The summed E-state index contributed by atoms with van der Waals surface area (Å²) in [5, 5.41) is 20.6. The molecule has 2 N–H and O–H groups in total. The monoisotopic (exact) mass is 453 g/mol. The Morgan fingerprint density at radius 2 is 2.10 bits per heavy atom. The number of carbonyl (C=O) groups is 1. The third kappa shape index (κ3) is 4.44. The number of pyridine rings is 1. The molecule has 0 unspecified atom stereocenters. The highest BCUT2D eigenvalue weighted by atomic mass is 35.5. The summed E-state index contributed by atoms with van der Waals surface area (Å²) in [5.74, 6) is -0.0640. The van der Waals surface area contributed by atoms with Crippen molar-refractivity contribution in [3.63, 3.8) is 0 Å². The molecule has 0 aliphatic carbocycles. The molecule has 2 aliphatic heterocycles. The molecule has 1 aromatic carbocycles. The normalized spacial score (nSPS) is 21.7. The molecule has 2 fully saturated rings. The first-order chi connectivity index (χ1) is 14.4. The third-order valence-corrected chi connectivity index (χ3v) is 6.58. The Morgan fingerprint density at radius 1 is 1.27 bits per heavy atom. The van der Waals surface area contributed by atoms with Crippen LogP contribution in [-0.4, -0.2) is 66.2 Å². The Kier molecular flexibility index (Phi) is 6.53. The smallest absolute Gasteiger partial charge is 0.305 e. The first-order valence-corrected chi connectivity index (χ1v) is 11.0. The van der Waals surface area contributed by atoms with E-state index in [0.717, 1.165) is 49.2 Å². The molecule has 0 bridgehead atoms. The van der Waals surface area contributed by atoms with Crippen LogP contribution < -0.4 is 9.80 Å². The van der Waals surface area contributed by atoms with Crippen molar-refractivity contribution in [3.8, 4) is 0 Å². The Hall–Kier alpha value is -1.80. The van der Waals surface area contributed by atoms with Crippen LogP contribution in [0, 0.1) is 0 Å². The molecule has 0 radical (unpaired) electrons. The summed E-state index contributed by atoms with van der Waals surface area (Å²) < 4.78 is 5.61. The van der Waals surface area contributed by atoms with Crippen molar-refractivity contribution in [1.82, 2.24) is 4.98 Å². The standard InChI is InChI=1S/C21H25Cl2N3O4/c22-16-4-3-15-17(25-8-5-14(27)11-25)10-18(24-21(15)20(16)23)26-7-1-2-13(26)12-30-9-6-19(28)29/h3-4,10,13-14,27H,1-2,5-9,11-12H2,(H,28,29)/t13-,14+/m0/s1. The maximum absolute atomic E-state index is 10.7. The summed E-state index contributed by atoms with van der Waals surface area (Å²) in [6.45, 7) is 2.82. The molecule has 0 spiro atoms. The maximum atomic E-state index is 10.7. The molecule has 7 nitrogen and oxygen atoms in total. The molecule has 2 saturated heterocycles. The van der Waals surface area contributed by atoms with E-state index in [9.17, 15) is 9.90 Å². The zero-order valence-corrected chi connectivity index (χ0v) is 18.1. The predicted molar refractivity (Wildman–Crippen MR) is 118 cm³/mol. The molecule has 0 amide bonds. The SMILES string of the molecule is O=C(O)CCOC[C@@H]1CCCN1c1cc(N2CC[C@@H](O)C2)c2ccc(Cl)c(Cl)c2n1. The molecule has 2 atom stereocenters. The van der Waals surface area contributed by atoms with E-state index >= 15 is 0 Å². The molecule has 1 aromatic heterocycles. The van der Waals surface area contributed by atoms with Gasteiger partial charge in [-0.05, 0) is 31.4 Å². The van der Waals surface area contributed by atoms with E-state index < -0.39 is 5.97 Å². The largest absolute Gasteiger partial charge is 0.481 e. The van der Waals surface area contributed by atoms with Crippen LogP contribution in [0.25, 0.3) is 10.9 Å². The minimum atomic E-state index is -0.863. The van der Waals surface area contributed by atoms with Crippen molar-refractivity contribution in [1.29, 1.82) is 0 Å². The van der Waals surface area contributed by atoms with Gasteiger partial charge in [-0.3, -0.25) is 4.79 Å². The molecule has 30 heavy (non-hydrogen) atoms. The summed E-state index contributed by atoms with van der Waals surface area (Å²) in [6, 6.07) is 5.88. The number of aromatic nitrogens is 1. The average Bonchev–Trinajstić information content (AvgIpc) is 3.36. The van der Waals surface area contributed by atoms with E-state index in [1.54, 1.807) is 6.07 Å². The molecular weight excluding hydrogens is 429 g/mol. The second-order valence-electron chi connectivity index (χ2n) is 7.85. The molecule has 2 aromatic rings. The van der Waals surface area contributed by atoms with Crippen molar-refractivity contribution in [3.05, 3.63) is 28.2 Å². The number of rotatable bonds is 7. The number of ether oxygens (including phenoxy) is 1. The molecule has 2 aliphatic rings. The fourth-order valence-electron chi connectivity index (χ4n) is 4.26. The molecule has 3 heterocycles. The maximum Gasteiger partial charge on any atom is 0.305 e. The summed E-state index contributed by atoms with van der Waals surface area (Å²) in [4.78, 5) is 19.9. The number of aliphatic hydroxyl groups is 1. The number of fused-ring (bicyclic) bond motifs is 1. The van der Waals surface area contributed by atoms with E-state index in [0.29, 0.717) is 28.7 Å². The fourth-order valence-corrected chi connectivity index (χ4v) is 4.62. The van der Waals surface area contributed by atoms with Crippen LogP contribution in [0.1, 0.15) is 25.7 Å². The van der Waals surface area contributed by atoms with E-state index in [-0.39, 0.29) is 25.2 Å². The Balaban J connectivity index is 1.66. The first kappa shape index (κ1) is 21.4. The quantitative estimate of drug-likeness (QED) is 0.619. The fraction of sp³-hybridized carbons (Fsp3) is 0.524. The molecule has 4 rings (SSSR count). The first-order valence-electron chi connectivity index (χ1n) is 10.2. The molecule has 0 saturated carbocycles. The number of carboxylic acid groups (broad SMARTS) is 1. The van der Waals surface area contributed by atoms with Gasteiger partial charge in [0.1, 0.15) is 5.82 Å². The van der Waals surface area contributed by atoms with Crippen molar-refractivity contribution in [2.75, 3.05) is 42.6 Å². The lowest BCUT2D eigenvalue weighted by atomic mass is 10.1. The highest BCUT2D eigenvalue weighted by Gasteiger charge is 2.29. The number of nitrogens with zero attached hydrogens (tertiary/aromatic N) is 3. The second kappa shape index (κ2) is 9.14. The van der Waals surface area contributed by atoms with Gasteiger partial charge in [0.2, 0.25) is 0 Å². The van der Waals surface area contributed by atoms with Gasteiger partial charge in [0.15, 0.2) is 0 Å². The number of β-amino-alcohol motifs (C(OH)–C–C–N with tert-alkyl or cyclic N) is 1. The van der Waals surface area contributed by atoms with Gasteiger partial charge in [-0.15, -0.1) is 0 Å². The van der Waals surface area contributed by atoms with Crippen molar-refractivity contribution in [2.45, 2.75) is 37.8 Å². The minimum Gasteiger partial charge on any atom is -0.481 e. The highest BCUT2D eigenvalue weighted by Crippen LogP contribution is 2.39. The van der Waals surface area contributed by atoms with Crippen LogP contribution in [-0.2, 0) is 9.53 Å². The van der Waals surface area contributed by atoms with Crippen LogP contribution in [0.5, 0.6) is 0 Å². The molecular formula is C21H25Cl2N3O4. The topological polar surface area (TPSA) is 86.1 Å². The number of carboxylic acids is 1. The number of anilines is 2. The Bertz CT molecular complexity index is 942. The van der Waals surface area contributed by atoms with Crippen molar-refractivity contribution < 1.29 is 19.7 Å². The third-order valence-electron chi connectivity index (χ3n) is 5.78. The summed E-state index contributed by atoms with van der Waals surface area (Å²) in [6.07, 6.45) is 2.34. The number of benzene rings is 1. The van der Waals surface area contributed by atoms with E-state index in [4.69, 9.17) is 38.0 Å². The minimum absolute atomic E-state index is 0.00349. The van der Waals surface area contributed by atoms with Crippen LogP contribution >= 0.6 is 23.2 Å². The van der Waals surface area contributed by atoms with Crippen LogP contribution in [0.15, 0.2) is 18.2 Å². The summed E-state index contributed by atoms with van der Waals surface area (Å²) in [7, 11) is 0. The predicted octanol–water partition coefficient (Wildman–Crippen LogP) is 3.57. The summed E-state index contributed by atoms with van der Waals surface area (Å²) >= 11 is 12.8. The number of aliphatic hydroxyl groups excluding tert-OH is 1.